The molecule has 0 saturated carbocycles. The molecule has 2 aromatic heterocycles. The van der Waals surface area contributed by atoms with Gasteiger partial charge in [-0.3, -0.25) is 0 Å². The van der Waals surface area contributed by atoms with Crippen LogP contribution in [0, 0.1) is 5.82 Å². The minimum atomic E-state index is -0.524. The van der Waals surface area contributed by atoms with E-state index in [1.807, 2.05) is 6.92 Å². The molecule has 2 heterocycles. The molecule has 0 radical (unpaired) electrons. The molecular formula is C17H19FN6O. The van der Waals surface area contributed by atoms with Gasteiger partial charge in [-0.15, -0.1) is 0 Å². The molecule has 130 valence electrons. The summed E-state index contributed by atoms with van der Waals surface area (Å²) in [4.78, 5) is 19.1. The molecule has 4 N–H and O–H groups in total. The third-order valence-corrected chi connectivity index (χ3v) is 4.23. The van der Waals surface area contributed by atoms with Crippen molar-refractivity contribution < 1.29 is 9.18 Å². The molecule has 0 spiro atoms. The van der Waals surface area contributed by atoms with E-state index in [4.69, 9.17) is 11.5 Å². The van der Waals surface area contributed by atoms with Gasteiger partial charge in [-0.1, -0.05) is 13.0 Å². The smallest absolute Gasteiger partial charge is 0.164 e. The van der Waals surface area contributed by atoms with Gasteiger partial charge in [0.15, 0.2) is 5.65 Å². The highest BCUT2D eigenvalue weighted by atomic mass is 19.1. The maximum absolute atomic E-state index is 13.9. The molecular weight excluding hydrogens is 323 g/mol. The number of benzene rings is 1. The lowest BCUT2D eigenvalue weighted by Crippen LogP contribution is -2.11. The molecule has 3 rings (SSSR count). The van der Waals surface area contributed by atoms with E-state index >= 15 is 0 Å². The normalized spacial score (nSPS) is 12.4. The van der Waals surface area contributed by atoms with E-state index in [1.165, 1.54) is 18.5 Å². The number of carbonyl (C=O) groups is 1. The summed E-state index contributed by atoms with van der Waals surface area (Å²) in [5.74, 6) is -0.252. The van der Waals surface area contributed by atoms with E-state index < -0.39 is 5.82 Å². The Morgan fingerprint density at radius 2 is 2.12 bits per heavy atom. The molecule has 3 aromatic rings. The Morgan fingerprint density at radius 3 is 2.80 bits per heavy atom. The topological polar surface area (TPSA) is 113 Å². The van der Waals surface area contributed by atoms with Gasteiger partial charge in [-0.25, -0.2) is 19.0 Å². The minimum absolute atomic E-state index is 0.0191. The Kier molecular flexibility index (Phi) is 4.60. The number of carbonyl (C=O) groups excluding carboxylic acids is 1. The molecule has 0 aliphatic heterocycles. The molecule has 8 heteroatoms. The monoisotopic (exact) mass is 342 g/mol. The maximum atomic E-state index is 13.9. The van der Waals surface area contributed by atoms with Crippen molar-refractivity contribution in [2.45, 2.75) is 32.2 Å². The third-order valence-electron chi connectivity index (χ3n) is 4.23. The van der Waals surface area contributed by atoms with E-state index in [9.17, 15) is 9.18 Å². The van der Waals surface area contributed by atoms with Gasteiger partial charge in [0.1, 0.15) is 29.9 Å². The Morgan fingerprint density at radius 1 is 1.32 bits per heavy atom. The molecule has 0 aliphatic carbocycles. The van der Waals surface area contributed by atoms with Crippen LogP contribution in [0.15, 0.2) is 24.5 Å². The predicted octanol–water partition coefficient (Wildman–Crippen LogP) is 2.73. The quantitative estimate of drug-likeness (QED) is 0.526. The van der Waals surface area contributed by atoms with Crippen LogP contribution < -0.4 is 11.5 Å². The largest absolute Gasteiger partial charge is 0.396 e. The van der Waals surface area contributed by atoms with Crippen LogP contribution in [-0.2, 0) is 4.79 Å². The molecule has 0 bridgehead atoms. The van der Waals surface area contributed by atoms with E-state index in [-0.39, 0.29) is 17.5 Å². The van der Waals surface area contributed by atoms with E-state index in [0.717, 1.165) is 12.7 Å². The summed E-state index contributed by atoms with van der Waals surface area (Å²) in [6.45, 7) is 2.01. The number of fused-ring (bicyclic) bond motifs is 1. The van der Waals surface area contributed by atoms with Gasteiger partial charge in [0.05, 0.1) is 17.1 Å². The lowest BCUT2D eigenvalue weighted by atomic mass is 10.1. The fourth-order valence-corrected chi connectivity index (χ4v) is 2.89. The molecule has 0 saturated heterocycles. The average Bonchev–Trinajstić information content (AvgIpc) is 2.99. The molecule has 25 heavy (non-hydrogen) atoms. The summed E-state index contributed by atoms with van der Waals surface area (Å²) < 4.78 is 15.7. The van der Waals surface area contributed by atoms with Gasteiger partial charge in [0.2, 0.25) is 0 Å². The lowest BCUT2D eigenvalue weighted by Gasteiger charge is -2.14. The van der Waals surface area contributed by atoms with Crippen LogP contribution in [0.1, 0.15) is 32.2 Å². The first-order chi connectivity index (χ1) is 12.1. The van der Waals surface area contributed by atoms with E-state index in [1.54, 1.807) is 10.7 Å². The highest BCUT2D eigenvalue weighted by Crippen LogP contribution is 2.34. The molecule has 1 aromatic carbocycles. The summed E-state index contributed by atoms with van der Waals surface area (Å²) in [7, 11) is 0. The molecule has 0 fully saturated rings. The van der Waals surface area contributed by atoms with Gasteiger partial charge in [-0.05, 0) is 25.0 Å². The van der Waals surface area contributed by atoms with Gasteiger partial charge in [0.25, 0.3) is 0 Å². The Hall–Kier alpha value is -3.03. The zero-order valence-corrected chi connectivity index (χ0v) is 13.8. The Balaban J connectivity index is 2.22. The van der Waals surface area contributed by atoms with Crippen LogP contribution >= 0.6 is 0 Å². The molecule has 1 unspecified atom stereocenters. The van der Waals surface area contributed by atoms with E-state index in [2.05, 4.69) is 15.1 Å². The summed E-state index contributed by atoms with van der Waals surface area (Å²) in [5.41, 5.74) is 13.3. The fraction of sp³-hybridized carbons (Fsp3) is 0.294. The van der Waals surface area contributed by atoms with Crippen molar-refractivity contribution in [3.05, 3.63) is 30.3 Å². The second-order valence-corrected chi connectivity index (χ2v) is 5.79. The Labute approximate surface area is 143 Å². The number of aromatic nitrogens is 4. The minimum Gasteiger partial charge on any atom is -0.396 e. The number of rotatable bonds is 6. The van der Waals surface area contributed by atoms with Crippen molar-refractivity contribution in [3.8, 4) is 11.3 Å². The predicted molar refractivity (Wildman–Crippen MR) is 94.2 cm³/mol. The van der Waals surface area contributed by atoms with Crippen molar-refractivity contribution in [2.24, 2.45) is 0 Å². The number of halogens is 1. The van der Waals surface area contributed by atoms with Gasteiger partial charge < -0.3 is 16.3 Å². The van der Waals surface area contributed by atoms with Crippen LogP contribution in [0.5, 0.6) is 0 Å². The van der Waals surface area contributed by atoms with Crippen molar-refractivity contribution in [1.82, 2.24) is 19.7 Å². The third kappa shape index (κ3) is 3.02. The number of nitrogen functional groups attached to an aromatic ring is 2. The van der Waals surface area contributed by atoms with Crippen LogP contribution in [0.4, 0.5) is 15.9 Å². The summed E-state index contributed by atoms with van der Waals surface area (Å²) in [5, 5.41) is 5.19. The van der Waals surface area contributed by atoms with Crippen molar-refractivity contribution in [3.63, 3.8) is 0 Å². The first-order valence-corrected chi connectivity index (χ1v) is 8.04. The second kappa shape index (κ2) is 6.84. The maximum Gasteiger partial charge on any atom is 0.164 e. The standard InChI is InChI=1S/C17H19FN6O/c1-2-11(4-3-7-25)24-17-14(16(20)21-9-22-17)15(23-24)10-5-6-13(19)12(18)8-10/h5-9,11H,2-4,19H2,1H3,(H2,20,21,22). The Bertz CT molecular complexity index is 923. The lowest BCUT2D eigenvalue weighted by molar-refractivity contribution is -0.108. The second-order valence-electron chi connectivity index (χ2n) is 5.79. The average molecular weight is 342 g/mol. The highest BCUT2D eigenvalue weighted by molar-refractivity contribution is 5.98. The first-order valence-electron chi connectivity index (χ1n) is 8.04. The zero-order valence-electron chi connectivity index (χ0n) is 13.8. The number of nitrogens with zero attached hydrogens (tertiary/aromatic N) is 4. The summed E-state index contributed by atoms with van der Waals surface area (Å²) in [6, 6.07) is 4.47. The number of hydrogen-bond acceptors (Lipinski definition) is 6. The number of anilines is 2. The first kappa shape index (κ1) is 16.8. The summed E-state index contributed by atoms with van der Waals surface area (Å²) >= 11 is 0. The summed E-state index contributed by atoms with van der Waals surface area (Å²) in [6.07, 6.45) is 4.08. The fourth-order valence-electron chi connectivity index (χ4n) is 2.89. The number of aldehydes is 1. The molecule has 0 aliphatic rings. The van der Waals surface area contributed by atoms with Gasteiger partial charge >= 0.3 is 0 Å². The molecule has 1 atom stereocenters. The molecule has 0 amide bonds. The van der Waals surface area contributed by atoms with Crippen LogP contribution in [0.25, 0.3) is 22.3 Å². The van der Waals surface area contributed by atoms with Crippen molar-refractivity contribution in [2.75, 3.05) is 11.5 Å². The zero-order chi connectivity index (χ0) is 18.0. The molecule has 7 nitrogen and oxygen atoms in total. The highest BCUT2D eigenvalue weighted by Gasteiger charge is 2.21. The van der Waals surface area contributed by atoms with Crippen LogP contribution in [0.3, 0.4) is 0 Å². The van der Waals surface area contributed by atoms with Crippen molar-refractivity contribution in [1.29, 1.82) is 0 Å². The number of hydrogen-bond donors (Lipinski definition) is 2. The SMILES string of the molecule is CCC(CCC=O)n1nc(-c2ccc(N)c(F)c2)c2c(N)ncnc21. The van der Waals surface area contributed by atoms with Gasteiger partial charge in [0, 0.05) is 12.0 Å². The van der Waals surface area contributed by atoms with Crippen molar-refractivity contribution >= 4 is 28.8 Å². The van der Waals surface area contributed by atoms with Gasteiger partial charge in [-0.2, -0.15) is 5.10 Å². The van der Waals surface area contributed by atoms with Crippen LogP contribution in [0.2, 0.25) is 0 Å². The van der Waals surface area contributed by atoms with E-state index in [0.29, 0.717) is 35.1 Å². The number of nitrogens with two attached hydrogens (primary N) is 2. The van der Waals surface area contributed by atoms with Crippen LogP contribution in [-0.4, -0.2) is 26.0 Å².